The van der Waals surface area contributed by atoms with Crippen LogP contribution < -0.4 is 5.73 Å². The van der Waals surface area contributed by atoms with Crippen LogP contribution in [0.4, 0.5) is 0 Å². The van der Waals surface area contributed by atoms with Gasteiger partial charge in [-0.15, -0.1) is 0 Å². The first-order chi connectivity index (χ1) is 7.53. The summed E-state index contributed by atoms with van der Waals surface area (Å²) >= 11 is 0. The van der Waals surface area contributed by atoms with E-state index < -0.39 is 14.6 Å². The Kier molecular flexibility index (Phi) is 2.67. The van der Waals surface area contributed by atoms with Crippen LogP contribution in [0, 0.1) is 0 Å². The Morgan fingerprint density at radius 1 is 1.31 bits per heavy atom. The summed E-state index contributed by atoms with van der Waals surface area (Å²) in [4.78, 5) is 0.000139. The quantitative estimate of drug-likeness (QED) is 0.828. The Bertz CT molecular complexity index is 486. The van der Waals surface area contributed by atoms with Crippen LogP contribution in [-0.2, 0) is 9.84 Å². The largest absolute Gasteiger partial charge is 0.507 e. The Morgan fingerprint density at radius 3 is 2.38 bits per heavy atom. The van der Waals surface area contributed by atoms with Gasteiger partial charge < -0.3 is 10.8 Å². The second-order valence-corrected chi connectivity index (χ2v) is 6.52. The second kappa shape index (κ2) is 3.75. The van der Waals surface area contributed by atoms with Gasteiger partial charge in [0.25, 0.3) is 0 Å². The van der Waals surface area contributed by atoms with Gasteiger partial charge in [-0.2, -0.15) is 0 Å². The lowest BCUT2D eigenvalue weighted by atomic mass is 9.84. The number of sulfone groups is 1. The molecule has 88 valence electrons. The molecule has 5 heteroatoms. The molecular formula is C11H15NO3S. The molecule has 0 radical (unpaired) electrons. The van der Waals surface area contributed by atoms with Crippen LogP contribution >= 0.6 is 0 Å². The molecule has 0 aromatic heterocycles. The van der Waals surface area contributed by atoms with Crippen molar-refractivity contribution in [3.05, 3.63) is 24.3 Å². The molecule has 0 amide bonds. The molecule has 1 aromatic rings. The molecule has 3 N–H and O–H groups in total. The maximum atomic E-state index is 12.3. The lowest BCUT2D eigenvalue weighted by Gasteiger charge is -2.39. The molecule has 1 aromatic carbocycles. The highest BCUT2D eigenvalue weighted by atomic mass is 32.2. The minimum atomic E-state index is -3.52. The highest BCUT2D eigenvalue weighted by Gasteiger charge is 2.49. The SMILES string of the molecule is NCC1(S(=O)(=O)c2ccccc2O)CCC1. The van der Waals surface area contributed by atoms with Gasteiger partial charge in [0.15, 0.2) is 9.84 Å². The van der Waals surface area contributed by atoms with Gasteiger partial charge in [0, 0.05) is 6.54 Å². The van der Waals surface area contributed by atoms with Crippen LogP contribution in [0.1, 0.15) is 19.3 Å². The highest BCUT2D eigenvalue weighted by Crippen LogP contribution is 2.43. The fourth-order valence-corrected chi connectivity index (χ4v) is 4.18. The zero-order valence-electron chi connectivity index (χ0n) is 8.89. The first-order valence-corrected chi connectivity index (χ1v) is 6.74. The van der Waals surface area contributed by atoms with E-state index in [-0.39, 0.29) is 17.2 Å². The molecule has 1 aliphatic carbocycles. The van der Waals surface area contributed by atoms with Crippen molar-refractivity contribution in [2.24, 2.45) is 5.73 Å². The molecule has 0 atom stereocenters. The summed E-state index contributed by atoms with van der Waals surface area (Å²) in [5, 5.41) is 9.60. The maximum Gasteiger partial charge on any atom is 0.188 e. The van der Waals surface area contributed by atoms with Crippen molar-refractivity contribution in [3.8, 4) is 5.75 Å². The van der Waals surface area contributed by atoms with E-state index in [0.717, 1.165) is 6.42 Å². The summed E-state index contributed by atoms with van der Waals surface area (Å²) in [5.41, 5.74) is 5.58. The Labute approximate surface area is 95.0 Å². The Balaban J connectivity index is 2.51. The molecule has 0 heterocycles. The van der Waals surface area contributed by atoms with E-state index >= 15 is 0 Å². The number of phenolic OH excluding ortho intramolecular Hbond substituents is 1. The summed E-state index contributed by atoms with van der Waals surface area (Å²) in [6.45, 7) is 0.115. The number of hydrogen-bond donors (Lipinski definition) is 2. The molecule has 0 spiro atoms. The van der Waals surface area contributed by atoms with Crippen molar-refractivity contribution in [3.63, 3.8) is 0 Å². The van der Waals surface area contributed by atoms with Gasteiger partial charge in [-0.3, -0.25) is 0 Å². The summed E-state index contributed by atoms with van der Waals surface area (Å²) in [6.07, 6.45) is 2.05. The van der Waals surface area contributed by atoms with Crippen molar-refractivity contribution in [1.82, 2.24) is 0 Å². The van der Waals surface area contributed by atoms with Crippen molar-refractivity contribution in [2.75, 3.05) is 6.54 Å². The first kappa shape index (κ1) is 11.4. The standard InChI is InChI=1S/C11H15NO3S/c12-8-11(6-3-7-11)16(14,15)10-5-2-1-4-9(10)13/h1-2,4-5,13H,3,6-8,12H2. The molecule has 2 rings (SSSR count). The molecule has 0 unspecified atom stereocenters. The Morgan fingerprint density at radius 2 is 1.94 bits per heavy atom. The van der Waals surface area contributed by atoms with Crippen molar-refractivity contribution < 1.29 is 13.5 Å². The third-order valence-electron chi connectivity index (χ3n) is 3.36. The molecule has 16 heavy (non-hydrogen) atoms. The van der Waals surface area contributed by atoms with E-state index in [0.29, 0.717) is 12.8 Å². The third-order valence-corrected chi connectivity index (χ3v) is 6.00. The molecule has 1 aliphatic rings. The third kappa shape index (κ3) is 1.43. The second-order valence-electron chi connectivity index (χ2n) is 4.21. The van der Waals surface area contributed by atoms with E-state index in [1.807, 2.05) is 0 Å². The molecule has 4 nitrogen and oxygen atoms in total. The van der Waals surface area contributed by atoms with Crippen LogP contribution in [-0.4, -0.2) is 24.8 Å². The average molecular weight is 241 g/mol. The smallest absolute Gasteiger partial charge is 0.188 e. The summed E-state index contributed by atoms with van der Waals surface area (Å²) in [5.74, 6) is -0.192. The van der Waals surface area contributed by atoms with E-state index in [4.69, 9.17) is 5.73 Å². The maximum absolute atomic E-state index is 12.3. The normalized spacial score (nSPS) is 19.1. The molecule has 1 fully saturated rings. The van der Waals surface area contributed by atoms with Gasteiger partial charge in [0.1, 0.15) is 10.6 Å². The van der Waals surface area contributed by atoms with Crippen LogP contribution in [0.25, 0.3) is 0 Å². The minimum absolute atomic E-state index is 0.000139. The number of aromatic hydroxyl groups is 1. The van der Waals surface area contributed by atoms with Crippen LogP contribution in [0.3, 0.4) is 0 Å². The lowest BCUT2D eigenvalue weighted by Crippen LogP contribution is -2.51. The van der Waals surface area contributed by atoms with Gasteiger partial charge in [0.05, 0.1) is 4.75 Å². The van der Waals surface area contributed by atoms with E-state index in [9.17, 15) is 13.5 Å². The van der Waals surface area contributed by atoms with Gasteiger partial charge in [-0.05, 0) is 25.0 Å². The molecular weight excluding hydrogens is 226 g/mol. The summed E-state index contributed by atoms with van der Waals surface area (Å²) < 4.78 is 23.8. The zero-order chi connectivity index (χ0) is 11.8. The number of rotatable bonds is 3. The predicted octanol–water partition coefficient (Wildman–Crippen LogP) is 1.05. The number of nitrogens with two attached hydrogens (primary N) is 1. The molecule has 1 saturated carbocycles. The van der Waals surface area contributed by atoms with Crippen molar-refractivity contribution in [1.29, 1.82) is 0 Å². The first-order valence-electron chi connectivity index (χ1n) is 5.26. The lowest BCUT2D eigenvalue weighted by molar-refractivity contribution is 0.342. The number of benzene rings is 1. The van der Waals surface area contributed by atoms with Gasteiger partial charge >= 0.3 is 0 Å². The van der Waals surface area contributed by atoms with Crippen molar-refractivity contribution >= 4 is 9.84 Å². The van der Waals surface area contributed by atoms with E-state index in [2.05, 4.69) is 0 Å². The van der Waals surface area contributed by atoms with Gasteiger partial charge in [0.2, 0.25) is 0 Å². The molecule has 0 aliphatic heterocycles. The average Bonchev–Trinajstić information content (AvgIpc) is 2.16. The number of phenols is 1. The fraction of sp³-hybridized carbons (Fsp3) is 0.455. The number of hydrogen-bond acceptors (Lipinski definition) is 4. The topological polar surface area (TPSA) is 80.4 Å². The highest BCUT2D eigenvalue weighted by molar-refractivity contribution is 7.93. The van der Waals surface area contributed by atoms with E-state index in [1.54, 1.807) is 12.1 Å². The number of para-hydroxylation sites is 1. The zero-order valence-corrected chi connectivity index (χ0v) is 9.70. The van der Waals surface area contributed by atoms with Crippen LogP contribution in [0.5, 0.6) is 5.75 Å². The summed E-state index contributed by atoms with van der Waals surface area (Å²) in [7, 11) is -3.52. The van der Waals surface area contributed by atoms with Crippen LogP contribution in [0.2, 0.25) is 0 Å². The van der Waals surface area contributed by atoms with Crippen LogP contribution in [0.15, 0.2) is 29.2 Å². The Hall–Kier alpha value is -1.07. The summed E-state index contributed by atoms with van der Waals surface area (Å²) in [6, 6.07) is 6.02. The van der Waals surface area contributed by atoms with Gasteiger partial charge in [-0.25, -0.2) is 8.42 Å². The molecule has 0 bridgehead atoms. The predicted molar refractivity (Wildman–Crippen MR) is 60.9 cm³/mol. The van der Waals surface area contributed by atoms with Gasteiger partial charge in [-0.1, -0.05) is 18.6 Å². The minimum Gasteiger partial charge on any atom is -0.507 e. The monoisotopic (exact) mass is 241 g/mol. The van der Waals surface area contributed by atoms with Crippen molar-refractivity contribution in [2.45, 2.75) is 28.9 Å². The van der Waals surface area contributed by atoms with E-state index in [1.165, 1.54) is 12.1 Å². The fourth-order valence-electron chi connectivity index (χ4n) is 2.07. The molecule has 0 saturated heterocycles.